The predicted molar refractivity (Wildman–Crippen MR) is 85.7 cm³/mol. The lowest BCUT2D eigenvalue weighted by molar-refractivity contribution is -0.122. The zero-order chi connectivity index (χ0) is 15.7. The highest BCUT2D eigenvalue weighted by Gasteiger charge is 2.32. The highest BCUT2D eigenvalue weighted by atomic mass is 79.9. The number of hydrogen-bond acceptors (Lipinski definition) is 3. The van der Waals surface area contributed by atoms with Crippen molar-refractivity contribution in [1.29, 1.82) is 0 Å². The summed E-state index contributed by atoms with van der Waals surface area (Å²) in [6.07, 6.45) is 1.54. The van der Waals surface area contributed by atoms with Crippen LogP contribution in [0.4, 0.5) is 4.79 Å². The summed E-state index contributed by atoms with van der Waals surface area (Å²) in [5.41, 5.74) is 1.16. The van der Waals surface area contributed by atoms with Gasteiger partial charge in [-0.05, 0) is 31.2 Å². The van der Waals surface area contributed by atoms with Crippen molar-refractivity contribution < 1.29 is 14.0 Å². The fraction of sp³-hybridized carbons (Fsp3) is 0.125. The van der Waals surface area contributed by atoms with E-state index in [1.165, 1.54) is 6.08 Å². The Morgan fingerprint density at radius 1 is 1.18 bits per heavy atom. The molecule has 0 atom stereocenters. The molecule has 0 spiro atoms. The van der Waals surface area contributed by atoms with Gasteiger partial charge in [0.15, 0.2) is 0 Å². The van der Waals surface area contributed by atoms with Crippen LogP contribution in [0, 0.1) is 0 Å². The number of likely N-dealkylation sites (N-methyl/N-ethyl adjacent to an activating group) is 1. The average Bonchev–Trinajstić information content (AvgIpc) is 3.06. The van der Waals surface area contributed by atoms with Gasteiger partial charge in [0.05, 0.1) is 0 Å². The Kier molecular flexibility index (Phi) is 3.85. The molecule has 1 saturated heterocycles. The van der Waals surface area contributed by atoms with Crippen LogP contribution in [0.1, 0.15) is 12.7 Å². The monoisotopic (exact) mass is 360 g/mol. The van der Waals surface area contributed by atoms with E-state index < -0.39 is 6.03 Å². The van der Waals surface area contributed by atoms with Crippen molar-refractivity contribution in [3.63, 3.8) is 0 Å². The van der Waals surface area contributed by atoms with Crippen molar-refractivity contribution in [3.8, 4) is 11.3 Å². The van der Waals surface area contributed by atoms with E-state index in [1.807, 2.05) is 30.3 Å². The molecule has 3 rings (SSSR count). The second-order valence-electron chi connectivity index (χ2n) is 4.75. The van der Waals surface area contributed by atoms with Gasteiger partial charge < -0.3 is 9.73 Å². The first kappa shape index (κ1) is 14.6. The minimum atomic E-state index is -0.404. The van der Waals surface area contributed by atoms with Gasteiger partial charge in [-0.2, -0.15) is 0 Å². The Morgan fingerprint density at radius 3 is 2.55 bits per heavy atom. The average molecular weight is 361 g/mol. The van der Waals surface area contributed by atoms with Gasteiger partial charge in [0.1, 0.15) is 17.2 Å². The number of nitrogens with zero attached hydrogens (tertiary/aromatic N) is 1. The molecule has 1 aromatic carbocycles. The summed E-state index contributed by atoms with van der Waals surface area (Å²) in [4.78, 5) is 24.7. The summed E-state index contributed by atoms with van der Waals surface area (Å²) in [7, 11) is 0. The molecule has 1 N–H and O–H groups in total. The van der Waals surface area contributed by atoms with Crippen molar-refractivity contribution in [2.45, 2.75) is 6.92 Å². The zero-order valence-corrected chi connectivity index (χ0v) is 13.4. The van der Waals surface area contributed by atoms with Crippen molar-refractivity contribution in [1.82, 2.24) is 10.2 Å². The van der Waals surface area contributed by atoms with E-state index in [2.05, 4.69) is 21.2 Å². The third-order valence-corrected chi connectivity index (χ3v) is 3.85. The third-order valence-electron chi connectivity index (χ3n) is 3.32. The summed E-state index contributed by atoms with van der Waals surface area (Å²) in [5.74, 6) is 0.872. The Labute approximate surface area is 135 Å². The van der Waals surface area contributed by atoms with E-state index in [-0.39, 0.29) is 11.6 Å². The maximum Gasteiger partial charge on any atom is 0.328 e. The Morgan fingerprint density at radius 2 is 1.91 bits per heavy atom. The molecule has 1 aromatic heterocycles. The van der Waals surface area contributed by atoms with E-state index >= 15 is 0 Å². The first-order chi connectivity index (χ1) is 10.6. The van der Waals surface area contributed by atoms with Crippen LogP contribution in [-0.4, -0.2) is 23.4 Å². The SMILES string of the molecule is CCN1C(=O)N/C(=C\c2ccc(-c3ccc(Br)cc3)o2)C1=O. The number of amides is 3. The number of urea groups is 1. The molecule has 0 saturated carbocycles. The number of furan rings is 1. The molecular weight excluding hydrogens is 348 g/mol. The maximum absolute atomic E-state index is 12.0. The van der Waals surface area contributed by atoms with Crippen LogP contribution < -0.4 is 5.32 Å². The number of rotatable bonds is 3. The second kappa shape index (κ2) is 5.81. The first-order valence-corrected chi connectivity index (χ1v) is 7.58. The summed E-state index contributed by atoms with van der Waals surface area (Å²) in [5, 5.41) is 2.54. The number of imide groups is 1. The fourth-order valence-electron chi connectivity index (χ4n) is 2.20. The number of carbonyl (C=O) groups is 2. The van der Waals surface area contributed by atoms with Crippen molar-refractivity contribution >= 4 is 33.9 Å². The van der Waals surface area contributed by atoms with Gasteiger partial charge in [-0.15, -0.1) is 0 Å². The van der Waals surface area contributed by atoms with Gasteiger partial charge in [-0.3, -0.25) is 9.69 Å². The van der Waals surface area contributed by atoms with Gasteiger partial charge in [0, 0.05) is 22.7 Å². The summed E-state index contributed by atoms with van der Waals surface area (Å²) >= 11 is 3.38. The smallest absolute Gasteiger partial charge is 0.328 e. The lowest BCUT2D eigenvalue weighted by Gasteiger charge is -2.05. The van der Waals surface area contributed by atoms with Crippen LogP contribution in [0.3, 0.4) is 0 Å². The Bertz CT molecular complexity index is 762. The molecule has 1 aliphatic rings. The molecule has 6 heteroatoms. The molecule has 2 heterocycles. The quantitative estimate of drug-likeness (QED) is 0.671. The lowest BCUT2D eigenvalue weighted by atomic mass is 10.2. The summed E-state index contributed by atoms with van der Waals surface area (Å²) in [6, 6.07) is 10.9. The molecule has 1 aliphatic heterocycles. The molecule has 0 aliphatic carbocycles. The number of nitrogens with one attached hydrogen (secondary N) is 1. The van der Waals surface area contributed by atoms with Crippen LogP contribution in [0.2, 0.25) is 0 Å². The van der Waals surface area contributed by atoms with Gasteiger partial charge >= 0.3 is 6.03 Å². The van der Waals surface area contributed by atoms with Crippen molar-refractivity contribution in [2.24, 2.45) is 0 Å². The molecule has 0 radical (unpaired) electrons. The molecule has 2 aromatic rings. The second-order valence-corrected chi connectivity index (χ2v) is 5.66. The largest absolute Gasteiger partial charge is 0.457 e. The van der Waals surface area contributed by atoms with Crippen LogP contribution >= 0.6 is 15.9 Å². The van der Waals surface area contributed by atoms with Crippen molar-refractivity contribution in [2.75, 3.05) is 6.54 Å². The molecular formula is C16H13BrN2O3. The van der Waals surface area contributed by atoms with E-state index in [9.17, 15) is 9.59 Å². The van der Waals surface area contributed by atoms with Gasteiger partial charge in [-0.25, -0.2) is 4.79 Å². The molecule has 22 heavy (non-hydrogen) atoms. The third kappa shape index (κ3) is 2.69. The highest BCUT2D eigenvalue weighted by Crippen LogP contribution is 2.25. The molecule has 1 fully saturated rings. The van der Waals surface area contributed by atoms with Crippen LogP contribution in [0.5, 0.6) is 0 Å². The molecule has 0 bridgehead atoms. The van der Waals surface area contributed by atoms with Crippen LogP contribution in [0.15, 0.2) is 51.0 Å². The van der Waals surface area contributed by atoms with E-state index in [0.29, 0.717) is 18.1 Å². The van der Waals surface area contributed by atoms with E-state index in [1.54, 1.807) is 13.0 Å². The molecule has 0 unspecified atom stereocenters. The minimum Gasteiger partial charge on any atom is -0.457 e. The summed E-state index contributed by atoms with van der Waals surface area (Å²) < 4.78 is 6.70. The summed E-state index contributed by atoms with van der Waals surface area (Å²) in [6.45, 7) is 2.09. The van der Waals surface area contributed by atoms with Crippen molar-refractivity contribution in [3.05, 3.63) is 52.3 Å². The molecule has 5 nitrogen and oxygen atoms in total. The predicted octanol–water partition coefficient (Wildman–Crippen LogP) is 3.62. The van der Waals surface area contributed by atoms with E-state index in [4.69, 9.17) is 4.42 Å². The molecule has 112 valence electrons. The number of hydrogen-bond donors (Lipinski definition) is 1. The van der Waals surface area contributed by atoms with Gasteiger partial charge in [-0.1, -0.05) is 28.1 Å². The number of benzene rings is 1. The Balaban J connectivity index is 1.86. The number of carbonyl (C=O) groups excluding carboxylic acids is 2. The fourth-order valence-corrected chi connectivity index (χ4v) is 2.47. The van der Waals surface area contributed by atoms with E-state index in [0.717, 1.165) is 14.9 Å². The molecule has 3 amide bonds. The van der Waals surface area contributed by atoms with Crippen LogP contribution in [0.25, 0.3) is 17.4 Å². The Hall–Kier alpha value is -2.34. The first-order valence-electron chi connectivity index (χ1n) is 6.79. The number of halogens is 1. The standard InChI is InChI=1S/C16H13BrN2O3/c1-2-19-15(20)13(18-16(19)21)9-12-7-8-14(22-12)10-3-5-11(17)6-4-10/h3-9H,2H2,1H3,(H,18,21)/b13-9-. The highest BCUT2D eigenvalue weighted by molar-refractivity contribution is 9.10. The lowest BCUT2D eigenvalue weighted by Crippen LogP contribution is -2.30. The van der Waals surface area contributed by atoms with Gasteiger partial charge in [0.2, 0.25) is 0 Å². The van der Waals surface area contributed by atoms with Gasteiger partial charge in [0.25, 0.3) is 5.91 Å². The van der Waals surface area contributed by atoms with Crippen LogP contribution in [-0.2, 0) is 4.79 Å². The zero-order valence-electron chi connectivity index (χ0n) is 11.8. The normalized spacial score (nSPS) is 16.5. The maximum atomic E-state index is 12.0. The minimum absolute atomic E-state index is 0.226. The topological polar surface area (TPSA) is 62.6 Å².